The van der Waals surface area contributed by atoms with Gasteiger partial charge in [0.25, 0.3) is 0 Å². The number of carbonyl (C=O) groups excluding carboxylic acids is 1. The van der Waals surface area contributed by atoms with E-state index in [1.54, 1.807) is 20.3 Å². The van der Waals surface area contributed by atoms with Crippen LogP contribution in [0.2, 0.25) is 0 Å². The third kappa shape index (κ3) is 3.68. The number of carbonyl (C=O) groups is 1. The van der Waals surface area contributed by atoms with Gasteiger partial charge in [-0.05, 0) is 25.5 Å². The van der Waals surface area contributed by atoms with Crippen LogP contribution in [0.4, 0.5) is 0 Å². The summed E-state index contributed by atoms with van der Waals surface area (Å²) in [6, 6.07) is 1.87. The number of nitrogens with zero attached hydrogens (tertiary/aromatic N) is 5. The number of imidazole rings is 1. The number of piperidine rings is 1. The molecule has 0 spiro atoms. The molecular formula is C16H23N5O2. The van der Waals surface area contributed by atoms with Crippen LogP contribution in [0.5, 0.6) is 0 Å². The van der Waals surface area contributed by atoms with Crippen molar-refractivity contribution in [3.63, 3.8) is 0 Å². The van der Waals surface area contributed by atoms with E-state index in [4.69, 9.17) is 0 Å². The molecular weight excluding hydrogens is 294 g/mol. The van der Waals surface area contributed by atoms with E-state index in [0.717, 1.165) is 18.7 Å². The maximum absolute atomic E-state index is 11.9. The first-order chi connectivity index (χ1) is 11.0. The summed E-state index contributed by atoms with van der Waals surface area (Å²) in [5.41, 5.74) is -0.0244. The Morgan fingerprint density at radius 3 is 3.04 bits per heavy atom. The average Bonchev–Trinajstić information content (AvgIpc) is 2.88. The molecule has 0 aliphatic carbocycles. The van der Waals surface area contributed by atoms with Crippen LogP contribution in [0.3, 0.4) is 0 Å². The minimum absolute atomic E-state index is 0.0359. The van der Waals surface area contributed by atoms with Gasteiger partial charge in [-0.3, -0.25) is 14.1 Å². The molecule has 7 nitrogen and oxygen atoms in total. The van der Waals surface area contributed by atoms with Crippen LogP contribution < -0.4 is 0 Å². The zero-order valence-corrected chi connectivity index (χ0v) is 13.6. The van der Waals surface area contributed by atoms with E-state index >= 15 is 0 Å². The van der Waals surface area contributed by atoms with Crippen LogP contribution in [-0.4, -0.2) is 68.0 Å². The van der Waals surface area contributed by atoms with Crippen molar-refractivity contribution in [1.82, 2.24) is 24.2 Å². The normalized spacial score (nSPS) is 22.4. The zero-order chi connectivity index (χ0) is 16.4. The maximum Gasteiger partial charge on any atom is 0.233 e. The van der Waals surface area contributed by atoms with E-state index in [1.165, 1.54) is 4.90 Å². The second-order valence-electron chi connectivity index (χ2n) is 6.56. The molecule has 2 aromatic rings. The van der Waals surface area contributed by atoms with E-state index in [0.29, 0.717) is 25.3 Å². The van der Waals surface area contributed by atoms with E-state index in [-0.39, 0.29) is 12.3 Å². The molecule has 1 saturated heterocycles. The Labute approximate surface area is 135 Å². The number of hydrogen-bond donors (Lipinski definition) is 1. The molecule has 1 amide bonds. The largest absolute Gasteiger partial charge is 0.388 e. The molecule has 23 heavy (non-hydrogen) atoms. The average molecular weight is 317 g/mol. The minimum atomic E-state index is -0.947. The fraction of sp³-hybridized carbons (Fsp3) is 0.562. The molecule has 3 rings (SSSR count). The van der Waals surface area contributed by atoms with Crippen molar-refractivity contribution >= 4 is 11.7 Å². The lowest BCUT2D eigenvalue weighted by Gasteiger charge is -2.39. The van der Waals surface area contributed by atoms with Gasteiger partial charge in [0.1, 0.15) is 0 Å². The summed E-state index contributed by atoms with van der Waals surface area (Å²) in [5, 5.41) is 10.8. The molecule has 1 atom stereocenters. The SMILES string of the molecule is CN(C)C(=O)CC1(O)CCCN(Cc2cn3cccnc3n2)C1. The van der Waals surface area contributed by atoms with Crippen molar-refractivity contribution < 1.29 is 9.90 Å². The zero-order valence-electron chi connectivity index (χ0n) is 13.6. The quantitative estimate of drug-likeness (QED) is 0.891. The highest BCUT2D eigenvalue weighted by Crippen LogP contribution is 2.26. The number of likely N-dealkylation sites (tertiary alicyclic amines) is 1. The van der Waals surface area contributed by atoms with Gasteiger partial charge in [-0.1, -0.05) is 0 Å². The fourth-order valence-corrected chi connectivity index (χ4v) is 3.11. The standard InChI is InChI=1S/C16H23N5O2/c1-19(2)14(22)9-16(23)5-3-7-20(12-16)10-13-11-21-8-4-6-17-15(21)18-13/h4,6,8,11,23H,3,5,7,9-10,12H2,1-2H3. The van der Waals surface area contributed by atoms with Crippen LogP contribution in [-0.2, 0) is 11.3 Å². The first-order valence-electron chi connectivity index (χ1n) is 7.89. The Morgan fingerprint density at radius 2 is 2.30 bits per heavy atom. The topological polar surface area (TPSA) is 74.0 Å². The Kier molecular flexibility index (Phi) is 4.32. The molecule has 124 valence electrons. The van der Waals surface area contributed by atoms with Gasteiger partial charge < -0.3 is 10.0 Å². The first-order valence-corrected chi connectivity index (χ1v) is 7.89. The molecule has 7 heteroatoms. The predicted molar refractivity (Wildman–Crippen MR) is 85.8 cm³/mol. The lowest BCUT2D eigenvalue weighted by Crippen LogP contribution is -2.50. The molecule has 2 aromatic heterocycles. The number of fused-ring (bicyclic) bond motifs is 1. The van der Waals surface area contributed by atoms with Crippen LogP contribution in [0.1, 0.15) is 25.0 Å². The fourth-order valence-electron chi connectivity index (χ4n) is 3.11. The third-order valence-corrected chi connectivity index (χ3v) is 4.28. The molecule has 1 aliphatic rings. The van der Waals surface area contributed by atoms with Gasteiger partial charge in [-0.2, -0.15) is 0 Å². The highest BCUT2D eigenvalue weighted by atomic mass is 16.3. The van der Waals surface area contributed by atoms with E-state index < -0.39 is 5.60 Å². The summed E-state index contributed by atoms with van der Waals surface area (Å²) >= 11 is 0. The van der Waals surface area contributed by atoms with E-state index in [2.05, 4.69) is 14.9 Å². The number of hydrogen-bond acceptors (Lipinski definition) is 5. The number of amides is 1. The summed E-state index contributed by atoms with van der Waals surface area (Å²) in [5.74, 6) is 0.642. The summed E-state index contributed by atoms with van der Waals surface area (Å²) in [7, 11) is 3.44. The van der Waals surface area contributed by atoms with Gasteiger partial charge in [0, 0.05) is 45.8 Å². The van der Waals surface area contributed by atoms with Gasteiger partial charge in [0.15, 0.2) is 0 Å². The maximum atomic E-state index is 11.9. The number of aromatic nitrogens is 3. The Balaban J connectivity index is 1.67. The molecule has 1 aliphatic heterocycles. The van der Waals surface area contributed by atoms with Crippen molar-refractivity contribution in [2.45, 2.75) is 31.4 Å². The Morgan fingerprint density at radius 1 is 1.48 bits per heavy atom. The molecule has 0 saturated carbocycles. The molecule has 0 bridgehead atoms. The molecule has 3 heterocycles. The van der Waals surface area contributed by atoms with Crippen LogP contribution in [0, 0.1) is 0 Å². The Hall–Kier alpha value is -1.99. The van der Waals surface area contributed by atoms with Crippen molar-refractivity contribution in [2.24, 2.45) is 0 Å². The minimum Gasteiger partial charge on any atom is -0.388 e. The lowest BCUT2D eigenvalue weighted by molar-refractivity contribution is -0.136. The smallest absolute Gasteiger partial charge is 0.233 e. The van der Waals surface area contributed by atoms with Crippen LogP contribution in [0.25, 0.3) is 5.78 Å². The molecule has 1 unspecified atom stereocenters. The summed E-state index contributed by atoms with van der Waals surface area (Å²) in [6.07, 6.45) is 7.31. The van der Waals surface area contributed by atoms with Gasteiger partial charge in [-0.25, -0.2) is 9.97 Å². The first kappa shape index (κ1) is 15.9. The molecule has 1 fully saturated rings. The monoisotopic (exact) mass is 317 g/mol. The molecule has 1 N–H and O–H groups in total. The second-order valence-corrected chi connectivity index (χ2v) is 6.56. The summed E-state index contributed by atoms with van der Waals surface area (Å²) < 4.78 is 1.89. The molecule has 0 radical (unpaired) electrons. The van der Waals surface area contributed by atoms with Gasteiger partial charge in [0.2, 0.25) is 11.7 Å². The van der Waals surface area contributed by atoms with Crippen molar-refractivity contribution in [3.8, 4) is 0 Å². The van der Waals surface area contributed by atoms with Crippen molar-refractivity contribution in [3.05, 3.63) is 30.4 Å². The van der Waals surface area contributed by atoms with Crippen LogP contribution in [0.15, 0.2) is 24.7 Å². The number of β-amino-alcohol motifs (C(OH)–C–C–N with tert-alkyl or cyclic N) is 1. The second kappa shape index (κ2) is 6.25. The van der Waals surface area contributed by atoms with Gasteiger partial charge in [-0.15, -0.1) is 0 Å². The van der Waals surface area contributed by atoms with Gasteiger partial charge >= 0.3 is 0 Å². The Bertz CT molecular complexity index is 666. The van der Waals surface area contributed by atoms with Gasteiger partial charge in [0.05, 0.1) is 17.7 Å². The van der Waals surface area contributed by atoms with Crippen LogP contribution >= 0.6 is 0 Å². The summed E-state index contributed by atoms with van der Waals surface area (Å²) in [6.45, 7) is 2.05. The van der Waals surface area contributed by atoms with E-state index in [1.807, 2.05) is 22.9 Å². The lowest BCUT2D eigenvalue weighted by atomic mass is 9.89. The van der Waals surface area contributed by atoms with Crippen molar-refractivity contribution in [1.29, 1.82) is 0 Å². The van der Waals surface area contributed by atoms with Crippen molar-refractivity contribution in [2.75, 3.05) is 27.2 Å². The number of rotatable bonds is 4. The predicted octanol–water partition coefficient (Wildman–Crippen LogP) is 0.534. The highest BCUT2D eigenvalue weighted by molar-refractivity contribution is 5.76. The third-order valence-electron chi connectivity index (χ3n) is 4.28. The summed E-state index contributed by atoms with van der Waals surface area (Å²) in [4.78, 5) is 24.3. The van der Waals surface area contributed by atoms with E-state index in [9.17, 15) is 9.90 Å². The highest BCUT2D eigenvalue weighted by Gasteiger charge is 2.35. The number of aliphatic hydroxyl groups is 1. The molecule has 0 aromatic carbocycles.